The number of nitrogens with one attached hydrogen (secondary N) is 1. The molecule has 0 radical (unpaired) electrons. The van der Waals surface area contributed by atoms with Crippen molar-refractivity contribution in [3.05, 3.63) is 58.6 Å². The number of carboxylic acids is 1. The molecule has 0 aliphatic rings. The molecule has 0 atom stereocenters. The summed E-state index contributed by atoms with van der Waals surface area (Å²) in [6.07, 6.45) is 0. The van der Waals surface area contributed by atoms with Crippen molar-refractivity contribution >= 4 is 34.9 Å². The summed E-state index contributed by atoms with van der Waals surface area (Å²) in [4.78, 5) is 22.9. The van der Waals surface area contributed by atoms with E-state index < -0.39 is 5.97 Å². The van der Waals surface area contributed by atoms with Gasteiger partial charge in [-0.1, -0.05) is 17.7 Å². The third-order valence-electron chi connectivity index (χ3n) is 2.60. The lowest BCUT2D eigenvalue weighted by atomic mass is 10.1. The van der Waals surface area contributed by atoms with Crippen LogP contribution in [0.2, 0.25) is 5.02 Å². The first-order valence-electron chi connectivity index (χ1n) is 5.67. The number of carbonyl (C=O) groups excluding carboxylic acids is 1. The number of hydrogen-bond donors (Lipinski definition) is 3. The quantitative estimate of drug-likeness (QED) is 0.758. The van der Waals surface area contributed by atoms with E-state index in [4.69, 9.17) is 22.4 Å². The highest BCUT2D eigenvalue weighted by Crippen LogP contribution is 2.21. The summed E-state index contributed by atoms with van der Waals surface area (Å²) in [5.41, 5.74) is 6.73. The standard InChI is InChI=1S/C14H11ClN2O3/c15-12-5-4-10(7-11(12)14(19)20)17-13(18)8-2-1-3-9(16)6-8/h1-7H,16H2,(H,17,18)(H,19,20). The van der Waals surface area contributed by atoms with E-state index in [-0.39, 0.29) is 16.5 Å². The lowest BCUT2D eigenvalue weighted by molar-refractivity contribution is 0.0696. The summed E-state index contributed by atoms with van der Waals surface area (Å²) >= 11 is 5.76. The minimum absolute atomic E-state index is 0.0722. The molecule has 102 valence electrons. The summed E-state index contributed by atoms with van der Waals surface area (Å²) in [6, 6.07) is 10.7. The van der Waals surface area contributed by atoms with Crippen LogP contribution in [-0.2, 0) is 0 Å². The summed E-state index contributed by atoms with van der Waals surface area (Å²) < 4.78 is 0. The van der Waals surface area contributed by atoms with Gasteiger partial charge in [0.1, 0.15) is 0 Å². The number of carbonyl (C=O) groups is 2. The topological polar surface area (TPSA) is 92.4 Å². The molecule has 4 N–H and O–H groups in total. The van der Waals surface area contributed by atoms with Gasteiger partial charge in [0.25, 0.3) is 5.91 Å². The summed E-state index contributed by atoms with van der Waals surface area (Å²) in [5.74, 6) is -1.54. The Labute approximate surface area is 120 Å². The second kappa shape index (κ2) is 5.63. The Morgan fingerprint density at radius 3 is 2.55 bits per heavy atom. The van der Waals surface area contributed by atoms with Gasteiger partial charge in [0.2, 0.25) is 0 Å². The number of halogens is 1. The molecule has 0 aliphatic carbocycles. The van der Waals surface area contributed by atoms with Crippen molar-refractivity contribution in [3.8, 4) is 0 Å². The second-order valence-corrected chi connectivity index (χ2v) is 4.49. The molecule has 2 aromatic rings. The van der Waals surface area contributed by atoms with Crippen LogP contribution >= 0.6 is 11.6 Å². The molecule has 20 heavy (non-hydrogen) atoms. The van der Waals surface area contributed by atoms with Gasteiger partial charge >= 0.3 is 5.97 Å². The highest BCUT2D eigenvalue weighted by molar-refractivity contribution is 6.33. The molecule has 0 spiro atoms. The zero-order valence-corrected chi connectivity index (χ0v) is 11.0. The van der Waals surface area contributed by atoms with Crippen LogP contribution in [0.3, 0.4) is 0 Å². The maximum absolute atomic E-state index is 12.0. The van der Waals surface area contributed by atoms with Crippen molar-refractivity contribution in [2.24, 2.45) is 0 Å². The van der Waals surface area contributed by atoms with E-state index >= 15 is 0 Å². The lowest BCUT2D eigenvalue weighted by Crippen LogP contribution is -2.12. The molecule has 2 rings (SSSR count). The van der Waals surface area contributed by atoms with E-state index in [2.05, 4.69) is 5.32 Å². The SMILES string of the molecule is Nc1cccc(C(=O)Nc2ccc(Cl)c(C(=O)O)c2)c1. The molecule has 5 nitrogen and oxygen atoms in total. The first-order chi connectivity index (χ1) is 9.47. The van der Waals surface area contributed by atoms with Gasteiger partial charge in [0, 0.05) is 16.9 Å². The number of benzene rings is 2. The predicted octanol–water partition coefficient (Wildman–Crippen LogP) is 2.87. The third-order valence-corrected chi connectivity index (χ3v) is 2.93. The van der Waals surface area contributed by atoms with E-state index in [1.165, 1.54) is 24.3 Å². The number of hydrogen-bond acceptors (Lipinski definition) is 3. The highest BCUT2D eigenvalue weighted by Gasteiger charge is 2.11. The van der Waals surface area contributed by atoms with Gasteiger partial charge in [-0.15, -0.1) is 0 Å². The molecule has 0 bridgehead atoms. The van der Waals surface area contributed by atoms with E-state index in [0.29, 0.717) is 16.9 Å². The number of amides is 1. The van der Waals surface area contributed by atoms with Gasteiger partial charge in [-0.25, -0.2) is 4.79 Å². The van der Waals surface area contributed by atoms with Crippen LogP contribution < -0.4 is 11.1 Å². The van der Waals surface area contributed by atoms with Crippen LogP contribution in [0, 0.1) is 0 Å². The molecule has 0 saturated carbocycles. The van der Waals surface area contributed by atoms with Crippen LogP contribution in [0.25, 0.3) is 0 Å². The third kappa shape index (κ3) is 3.07. The molecular formula is C14H11ClN2O3. The minimum Gasteiger partial charge on any atom is -0.478 e. The number of rotatable bonds is 3. The molecule has 0 fully saturated rings. The maximum Gasteiger partial charge on any atom is 0.337 e. The average molecular weight is 291 g/mol. The van der Waals surface area contributed by atoms with Gasteiger partial charge in [0.05, 0.1) is 10.6 Å². The van der Waals surface area contributed by atoms with Gasteiger partial charge in [-0.3, -0.25) is 4.79 Å². The number of carboxylic acid groups (broad SMARTS) is 1. The number of anilines is 2. The van der Waals surface area contributed by atoms with Crippen LogP contribution in [0.1, 0.15) is 20.7 Å². The van der Waals surface area contributed by atoms with E-state index in [1.54, 1.807) is 18.2 Å². The highest BCUT2D eigenvalue weighted by atomic mass is 35.5. The molecule has 2 aromatic carbocycles. The first-order valence-corrected chi connectivity index (χ1v) is 6.05. The van der Waals surface area contributed by atoms with Crippen molar-refractivity contribution in [3.63, 3.8) is 0 Å². The lowest BCUT2D eigenvalue weighted by Gasteiger charge is -2.07. The largest absolute Gasteiger partial charge is 0.478 e. The maximum atomic E-state index is 12.0. The van der Waals surface area contributed by atoms with E-state index in [9.17, 15) is 9.59 Å². The Balaban J connectivity index is 2.24. The zero-order valence-electron chi connectivity index (χ0n) is 10.3. The number of aromatic carboxylic acids is 1. The van der Waals surface area contributed by atoms with Crippen LogP contribution in [0.5, 0.6) is 0 Å². The molecule has 1 amide bonds. The van der Waals surface area contributed by atoms with E-state index in [1.807, 2.05) is 0 Å². The van der Waals surface area contributed by atoms with Crippen molar-refractivity contribution in [1.82, 2.24) is 0 Å². The minimum atomic E-state index is -1.16. The Kier molecular flexibility index (Phi) is 3.91. The van der Waals surface area contributed by atoms with Crippen molar-refractivity contribution < 1.29 is 14.7 Å². The normalized spacial score (nSPS) is 10.1. The first kappa shape index (κ1) is 13.9. The van der Waals surface area contributed by atoms with Gasteiger partial charge < -0.3 is 16.2 Å². The fourth-order valence-corrected chi connectivity index (χ4v) is 1.85. The Morgan fingerprint density at radius 1 is 1.15 bits per heavy atom. The number of nitrogens with two attached hydrogens (primary N) is 1. The average Bonchev–Trinajstić information content (AvgIpc) is 2.40. The molecule has 0 aliphatic heterocycles. The van der Waals surface area contributed by atoms with E-state index in [0.717, 1.165) is 0 Å². The smallest absolute Gasteiger partial charge is 0.337 e. The number of nitrogen functional groups attached to an aromatic ring is 1. The predicted molar refractivity (Wildman–Crippen MR) is 77.2 cm³/mol. The Morgan fingerprint density at radius 2 is 1.90 bits per heavy atom. The van der Waals surface area contributed by atoms with Crippen molar-refractivity contribution in [2.75, 3.05) is 11.1 Å². The summed E-state index contributed by atoms with van der Waals surface area (Å²) in [5, 5.41) is 11.7. The van der Waals surface area contributed by atoms with Gasteiger partial charge in [-0.2, -0.15) is 0 Å². The molecule has 0 unspecified atom stereocenters. The molecule has 0 heterocycles. The molecular weight excluding hydrogens is 280 g/mol. The van der Waals surface area contributed by atoms with Crippen LogP contribution in [0.15, 0.2) is 42.5 Å². The molecule has 6 heteroatoms. The summed E-state index contributed by atoms with van der Waals surface area (Å²) in [6.45, 7) is 0. The second-order valence-electron chi connectivity index (χ2n) is 4.08. The Bertz CT molecular complexity index is 686. The fraction of sp³-hybridized carbons (Fsp3) is 0. The van der Waals surface area contributed by atoms with Gasteiger partial charge in [-0.05, 0) is 36.4 Å². The molecule has 0 aromatic heterocycles. The zero-order chi connectivity index (χ0) is 14.7. The van der Waals surface area contributed by atoms with Crippen molar-refractivity contribution in [1.29, 1.82) is 0 Å². The molecule has 0 saturated heterocycles. The Hall–Kier alpha value is -2.53. The monoisotopic (exact) mass is 290 g/mol. The fourth-order valence-electron chi connectivity index (χ4n) is 1.65. The van der Waals surface area contributed by atoms with Crippen molar-refractivity contribution in [2.45, 2.75) is 0 Å². The van der Waals surface area contributed by atoms with Gasteiger partial charge in [0.15, 0.2) is 0 Å². The van der Waals surface area contributed by atoms with Crippen LogP contribution in [-0.4, -0.2) is 17.0 Å². The summed E-state index contributed by atoms with van der Waals surface area (Å²) in [7, 11) is 0. The van der Waals surface area contributed by atoms with Crippen LogP contribution in [0.4, 0.5) is 11.4 Å².